The van der Waals surface area contributed by atoms with E-state index in [0.717, 1.165) is 41.6 Å². The largest absolute Gasteiger partial charge is 0.293 e. The molecule has 0 bridgehead atoms. The molecule has 5 heteroatoms. The predicted molar refractivity (Wildman–Crippen MR) is 129 cm³/mol. The van der Waals surface area contributed by atoms with Crippen LogP contribution in [0.4, 0.5) is 0 Å². The molecule has 1 saturated carbocycles. The Morgan fingerprint density at radius 3 is 2.50 bits per heavy atom. The molecule has 0 atom stereocenters. The minimum absolute atomic E-state index is 0.874. The number of rotatable bonds is 7. The van der Waals surface area contributed by atoms with Crippen LogP contribution in [0.1, 0.15) is 47.3 Å². The van der Waals surface area contributed by atoms with Gasteiger partial charge in [0.25, 0.3) is 0 Å². The number of hydrogen-bond donors (Lipinski definition) is 0. The van der Waals surface area contributed by atoms with Crippen molar-refractivity contribution in [1.29, 1.82) is 0 Å². The van der Waals surface area contributed by atoms with Crippen molar-refractivity contribution < 1.29 is 0 Å². The lowest BCUT2D eigenvalue weighted by atomic mass is 10.1. The van der Waals surface area contributed by atoms with Gasteiger partial charge >= 0.3 is 0 Å². The van der Waals surface area contributed by atoms with E-state index in [1.165, 1.54) is 53.9 Å². The average molecular weight is 426 g/mol. The van der Waals surface area contributed by atoms with Crippen LogP contribution in [-0.4, -0.2) is 36.9 Å². The molecule has 0 amide bonds. The first kappa shape index (κ1) is 19.7. The number of imidazole rings is 2. The van der Waals surface area contributed by atoms with E-state index in [-0.39, 0.29) is 0 Å². The normalized spacial score (nSPS) is 15.8. The molecular weight excluding hydrogens is 394 g/mol. The summed E-state index contributed by atoms with van der Waals surface area (Å²) in [5.41, 5.74) is 11.1. The molecule has 0 spiro atoms. The molecule has 6 rings (SSSR count). The lowest BCUT2D eigenvalue weighted by molar-refractivity contribution is 0.274. The summed E-state index contributed by atoms with van der Waals surface area (Å²) in [6.45, 7) is 11.9. The predicted octanol–water partition coefficient (Wildman–Crippen LogP) is 5.45. The molecule has 1 fully saturated rings. The summed E-state index contributed by atoms with van der Waals surface area (Å²) in [5, 5.41) is 0. The highest BCUT2D eigenvalue weighted by Crippen LogP contribution is 2.34. The van der Waals surface area contributed by atoms with Gasteiger partial charge < -0.3 is 0 Å². The quantitative estimate of drug-likeness (QED) is 0.370. The van der Waals surface area contributed by atoms with Crippen LogP contribution >= 0.6 is 0 Å². The third kappa shape index (κ3) is 3.36. The van der Waals surface area contributed by atoms with E-state index in [4.69, 9.17) is 9.97 Å². The van der Waals surface area contributed by atoms with E-state index >= 15 is 0 Å². The van der Waals surface area contributed by atoms with Crippen LogP contribution in [0.2, 0.25) is 0 Å². The summed E-state index contributed by atoms with van der Waals surface area (Å²) in [4.78, 5) is 12.6. The van der Waals surface area contributed by atoms with Gasteiger partial charge in [0.15, 0.2) is 5.65 Å². The average Bonchev–Trinajstić information content (AvgIpc) is 3.66. The number of nitrogens with zero attached hydrogens (tertiary/aromatic N) is 5. The van der Waals surface area contributed by atoms with Gasteiger partial charge in [-0.1, -0.05) is 29.3 Å². The minimum Gasteiger partial charge on any atom is -0.293 e. The number of allylic oxidation sites excluding steroid dienone is 1. The van der Waals surface area contributed by atoms with Crippen molar-refractivity contribution >= 4 is 16.9 Å². The van der Waals surface area contributed by atoms with Gasteiger partial charge in [-0.25, -0.2) is 9.97 Å². The van der Waals surface area contributed by atoms with Crippen molar-refractivity contribution in [2.24, 2.45) is 5.92 Å². The summed E-state index contributed by atoms with van der Waals surface area (Å²) in [7, 11) is 0. The molecular formula is C27H31N5. The van der Waals surface area contributed by atoms with E-state index < -0.39 is 0 Å². The van der Waals surface area contributed by atoms with Crippen molar-refractivity contribution in [3.05, 3.63) is 70.2 Å². The van der Waals surface area contributed by atoms with Gasteiger partial charge in [0.1, 0.15) is 0 Å². The number of benzene rings is 1. The maximum Gasteiger partial charge on any atom is 0.221 e. The Morgan fingerprint density at radius 2 is 1.81 bits per heavy atom. The molecule has 4 aromatic rings. The highest BCUT2D eigenvalue weighted by atomic mass is 15.3. The van der Waals surface area contributed by atoms with E-state index in [2.05, 4.69) is 65.8 Å². The topological polar surface area (TPSA) is 38.4 Å². The van der Waals surface area contributed by atoms with Crippen molar-refractivity contribution in [3.63, 3.8) is 0 Å². The minimum atomic E-state index is 0.874. The van der Waals surface area contributed by atoms with E-state index in [1.54, 1.807) is 5.57 Å². The number of aryl methyl sites for hydroxylation is 4. The maximum absolute atomic E-state index is 5.12. The smallest absolute Gasteiger partial charge is 0.221 e. The Balaban J connectivity index is 1.54. The summed E-state index contributed by atoms with van der Waals surface area (Å²) >= 11 is 0. The van der Waals surface area contributed by atoms with Crippen LogP contribution in [0.25, 0.3) is 22.6 Å². The van der Waals surface area contributed by atoms with Gasteiger partial charge in [0, 0.05) is 25.8 Å². The van der Waals surface area contributed by atoms with Crippen LogP contribution in [0.3, 0.4) is 0 Å². The van der Waals surface area contributed by atoms with Gasteiger partial charge in [-0.05, 0) is 76.1 Å². The Hall–Kier alpha value is -2.92. The number of aromatic nitrogens is 4. The summed E-state index contributed by atoms with van der Waals surface area (Å²) in [6, 6.07) is 8.73. The Kier molecular flexibility index (Phi) is 4.51. The Labute approximate surface area is 189 Å². The summed E-state index contributed by atoms with van der Waals surface area (Å²) < 4.78 is 4.63. The van der Waals surface area contributed by atoms with E-state index in [1.807, 2.05) is 12.3 Å². The third-order valence-electron chi connectivity index (χ3n) is 6.94. The molecule has 164 valence electrons. The van der Waals surface area contributed by atoms with Gasteiger partial charge in [0.2, 0.25) is 5.78 Å². The highest BCUT2D eigenvalue weighted by Gasteiger charge is 2.28. The molecule has 2 aliphatic rings. The molecule has 0 radical (unpaired) electrons. The monoisotopic (exact) mass is 425 g/mol. The van der Waals surface area contributed by atoms with Gasteiger partial charge in [-0.15, -0.1) is 0 Å². The fraction of sp³-hybridized carbons (Fsp3) is 0.407. The van der Waals surface area contributed by atoms with Gasteiger partial charge in [0.05, 0.1) is 22.6 Å². The zero-order chi connectivity index (χ0) is 22.0. The number of fused-ring (bicyclic) bond motifs is 3. The zero-order valence-corrected chi connectivity index (χ0v) is 19.5. The standard InChI is InChI=1S/C27H31N5/c1-17-12-18(2)25(19(3)13-17)32-26-23(6-5-11-28-26)31-24(20(4)29-27(31)32)16-30(14-21-7-8-21)15-22-9-10-22/h5-7,11-13,22H,8-10,14-16H2,1-4H3. The van der Waals surface area contributed by atoms with Crippen LogP contribution in [0.15, 0.2) is 42.1 Å². The molecule has 3 aromatic heterocycles. The van der Waals surface area contributed by atoms with E-state index in [9.17, 15) is 0 Å². The second kappa shape index (κ2) is 7.31. The van der Waals surface area contributed by atoms with Crippen LogP contribution in [0.5, 0.6) is 0 Å². The second-order valence-electron chi connectivity index (χ2n) is 9.89. The number of hydrogen-bond acceptors (Lipinski definition) is 3. The zero-order valence-electron chi connectivity index (χ0n) is 19.5. The van der Waals surface area contributed by atoms with Crippen LogP contribution < -0.4 is 0 Å². The number of pyridine rings is 1. The summed E-state index contributed by atoms with van der Waals surface area (Å²) in [6.07, 6.45) is 8.20. The fourth-order valence-corrected chi connectivity index (χ4v) is 5.25. The first-order valence-corrected chi connectivity index (χ1v) is 11.8. The molecule has 3 heterocycles. The van der Waals surface area contributed by atoms with Crippen molar-refractivity contribution in [1.82, 2.24) is 23.8 Å². The molecule has 1 aromatic carbocycles. The lowest BCUT2D eigenvalue weighted by Gasteiger charge is -2.21. The first-order valence-electron chi connectivity index (χ1n) is 11.8. The third-order valence-corrected chi connectivity index (χ3v) is 6.94. The van der Waals surface area contributed by atoms with Crippen LogP contribution in [0, 0.1) is 33.6 Å². The molecule has 32 heavy (non-hydrogen) atoms. The first-order chi connectivity index (χ1) is 15.5. The molecule has 5 nitrogen and oxygen atoms in total. The summed E-state index contributed by atoms with van der Waals surface area (Å²) in [5.74, 6) is 1.84. The molecule has 0 saturated heterocycles. The SMILES string of the molecule is Cc1cc(C)c(-n2c3ncccc3n3c(CN(CC4=CC4)CC4CC4)c(C)nc23)c(C)c1. The second-order valence-corrected chi connectivity index (χ2v) is 9.89. The lowest BCUT2D eigenvalue weighted by Crippen LogP contribution is -2.27. The van der Waals surface area contributed by atoms with Gasteiger partial charge in [-0.2, -0.15) is 0 Å². The van der Waals surface area contributed by atoms with Crippen molar-refractivity contribution in [3.8, 4) is 5.69 Å². The van der Waals surface area contributed by atoms with Gasteiger partial charge in [-0.3, -0.25) is 13.9 Å². The maximum atomic E-state index is 5.12. The van der Waals surface area contributed by atoms with Crippen molar-refractivity contribution in [2.75, 3.05) is 13.1 Å². The molecule has 0 unspecified atom stereocenters. The molecule has 0 N–H and O–H groups in total. The fourth-order valence-electron chi connectivity index (χ4n) is 5.25. The molecule has 2 aliphatic carbocycles. The van der Waals surface area contributed by atoms with Crippen molar-refractivity contribution in [2.45, 2.75) is 53.5 Å². The van der Waals surface area contributed by atoms with Crippen LogP contribution in [-0.2, 0) is 6.54 Å². The highest BCUT2D eigenvalue weighted by molar-refractivity contribution is 5.81. The Bertz CT molecular complexity index is 1360. The van der Waals surface area contributed by atoms with E-state index in [0.29, 0.717) is 0 Å². The molecule has 0 aliphatic heterocycles. The Morgan fingerprint density at radius 1 is 1.06 bits per heavy atom.